The van der Waals surface area contributed by atoms with Crippen LogP contribution in [0, 0.1) is 5.92 Å². The maximum Gasteiger partial charge on any atom is 0.139 e. The normalized spacial score (nSPS) is 28.4. The summed E-state index contributed by atoms with van der Waals surface area (Å²) in [5.41, 5.74) is 6.04. The summed E-state index contributed by atoms with van der Waals surface area (Å²) < 4.78 is 0. The fourth-order valence-electron chi connectivity index (χ4n) is 4.77. The van der Waals surface area contributed by atoms with Crippen LogP contribution in [0.5, 0.6) is 0 Å². The van der Waals surface area contributed by atoms with Gasteiger partial charge in [0.1, 0.15) is 5.78 Å². The Labute approximate surface area is 148 Å². The van der Waals surface area contributed by atoms with Crippen molar-refractivity contribution < 1.29 is 4.79 Å². The summed E-state index contributed by atoms with van der Waals surface area (Å²) in [7, 11) is 2.28. The number of carbonyl (C=O) groups excluding carboxylic acids is 1. The minimum Gasteiger partial charge on any atom is -0.387 e. The number of likely N-dealkylation sites (tertiary alicyclic amines) is 1. The molecule has 1 N–H and O–H groups in total. The van der Waals surface area contributed by atoms with Crippen molar-refractivity contribution >= 4 is 23.1 Å². The maximum atomic E-state index is 11.2. The predicted octanol–water partition coefficient (Wildman–Crippen LogP) is 3.26. The standard InChI is InChI=1S/C20H26N2OS/c1-13(23)11-24-12-14-6-18-17-5-3-4-15-8-21-9-16(20(15)17)7-19(18)22(2)10-14/h3-5,9,14,18-19,21H,6-8,10-12H2,1-2H3. The minimum atomic E-state index is 0.291. The van der Waals surface area contributed by atoms with E-state index in [0.29, 0.717) is 29.4 Å². The van der Waals surface area contributed by atoms with Gasteiger partial charge in [-0.1, -0.05) is 18.2 Å². The van der Waals surface area contributed by atoms with Crippen LogP contribution in [-0.4, -0.2) is 41.8 Å². The molecular formula is C20H26N2OS. The summed E-state index contributed by atoms with van der Waals surface area (Å²) in [6.07, 6.45) is 4.66. The minimum absolute atomic E-state index is 0.291. The van der Waals surface area contributed by atoms with Gasteiger partial charge in [0.15, 0.2) is 0 Å². The van der Waals surface area contributed by atoms with E-state index in [9.17, 15) is 4.79 Å². The number of piperidine rings is 1. The van der Waals surface area contributed by atoms with Crippen molar-refractivity contribution in [2.75, 3.05) is 25.1 Å². The highest BCUT2D eigenvalue weighted by molar-refractivity contribution is 7.99. The molecule has 3 atom stereocenters. The van der Waals surface area contributed by atoms with Gasteiger partial charge in [-0.15, -0.1) is 0 Å². The number of thioether (sulfide) groups is 1. The molecule has 1 aromatic rings. The van der Waals surface area contributed by atoms with Gasteiger partial charge in [-0.3, -0.25) is 4.79 Å². The van der Waals surface area contributed by atoms with Gasteiger partial charge in [0.2, 0.25) is 0 Å². The van der Waals surface area contributed by atoms with Crippen molar-refractivity contribution in [3.63, 3.8) is 0 Å². The molecule has 4 heteroatoms. The van der Waals surface area contributed by atoms with Crippen LogP contribution in [0.15, 0.2) is 24.4 Å². The topological polar surface area (TPSA) is 32.3 Å². The second-order valence-electron chi connectivity index (χ2n) is 7.57. The molecule has 0 saturated carbocycles. The van der Waals surface area contributed by atoms with Crippen molar-refractivity contribution in [3.05, 3.63) is 41.1 Å². The fraction of sp³-hybridized carbons (Fsp3) is 0.550. The molecule has 2 heterocycles. The zero-order valence-electron chi connectivity index (χ0n) is 14.5. The molecule has 0 spiro atoms. The molecule has 1 fully saturated rings. The Balaban J connectivity index is 1.59. The number of benzene rings is 1. The molecule has 1 aromatic carbocycles. The van der Waals surface area contributed by atoms with Gasteiger partial charge in [-0.25, -0.2) is 0 Å². The number of hydrogen-bond acceptors (Lipinski definition) is 4. The van der Waals surface area contributed by atoms with Gasteiger partial charge in [0.05, 0.1) is 5.75 Å². The number of Topliss-reactive ketones (excluding diaryl/α,β-unsaturated/α-hetero) is 1. The number of ketones is 1. The van der Waals surface area contributed by atoms with Gasteiger partial charge in [0, 0.05) is 31.2 Å². The molecule has 2 aliphatic heterocycles. The number of nitrogens with zero attached hydrogens (tertiary/aromatic N) is 1. The highest BCUT2D eigenvalue weighted by Crippen LogP contribution is 2.47. The van der Waals surface area contributed by atoms with Crippen molar-refractivity contribution in [1.29, 1.82) is 0 Å². The van der Waals surface area contributed by atoms with E-state index in [4.69, 9.17) is 0 Å². The molecule has 24 heavy (non-hydrogen) atoms. The SMILES string of the molecule is CC(=O)CSCC1CC2c3cccc4c3C(=CNC4)CC2N(C)C1. The molecule has 0 radical (unpaired) electrons. The zero-order valence-corrected chi connectivity index (χ0v) is 15.4. The summed E-state index contributed by atoms with van der Waals surface area (Å²) >= 11 is 1.81. The van der Waals surface area contributed by atoms with Crippen LogP contribution >= 0.6 is 11.8 Å². The molecule has 0 bridgehead atoms. The number of fused-ring (bicyclic) bond motifs is 2. The quantitative estimate of drug-likeness (QED) is 0.910. The fourth-order valence-corrected chi connectivity index (χ4v) is 5.75. The Morgan fingerprint density at radius 3 is 3.12 bits per heavy atom. The van der Waals surface area contributed by atoms with E-state index >= 15 is 0 Å². The Kier molecular flexibility index (Phi) is 4.44. The van der Waals surface area contributed by atoms with E-state index < -0.39 is 0 Å². The largest absolute Gasteiger partial charge is 0.387 e. The molecule has 0 amide bonds. The summed E-state index contributed by atoms with van der Waals surface area (Å²) in [6.45, 7) is 3.80. The average molecular weight is 343 g/mol. The molecule has 4 rings (SSSR count). The van der Waals surface area contributed by atoms with E-state index in [1.807, 2.05) is 11.8 Å². The van der Waals surface area contributed by atoms with E-state index in [0.717, 1.165) is 25.3 Å². The second-order valence-corrected chi connectivity index (χ2v) is 8.60. The molecule has 1 saturated heterocycles. The Morgan fingerprint density at radius 1 is 1.42 bits per heavy atom. The third-order valence-corrected chi connectivity index (χ3v) is 7.04. The van der Waals surface area contributed by atoms with Crippen molar-refractivity contribution in [1.82, 2.24) is 10.2 Å². The van der Waals surface area contributed by atoms with Crippen LogP contribution in [0.25, 0.3) is 5.57 Å². The Bertz CT molecular complexity index is 684. The second kappa shape index (κ2) is 6.57. The number of hydrogen-bond donors (Lipinski definition) is 1. The number of likely N-dealkylation sites (N-methyl/N-ethyl adjacent to an activating group) is 1. The highest BCUT2D eigenvalue weighted by Gasteiger charge is 2.40. The van der Waals surface area contributed by atoms with Gasteiger partial charge in [-0.2, -0.15) is 11.8 Å². The van der Waals surface area contributed by atoms with Gasteiger partial charge < -0.3 is 10.2 Å². The summed E-state index contributed by atoms with van der Waals surface area (Å²) in [5, 5.41) is 3.44. The summed E-state index contributed by atoms with van der Waals surface area (Å²) in [5.74, 6) is 3.37. The zero-order chi connectivity index (χ0) is 16.7. The van der Waals surface area contributed by atoms with Gasteiger partial charge in [0.25, 0.3) is 0 Å². The number of rotatable bonds is 4. The lowest BCUT2D eigenvalue weighted by Gasteiger charge is -2.48. The first-order valence-corrected chi connectivity index (χ1v) is 10.1. The van der Waals surface area contributed by atoms with Crippen LogP contribution < -0.4 is 5.32 Å². The number of nitrogens with one attached hydrogen (secondary N) is 1. The first kappa shape index (κ1) is 16.2. The lowest BCUT2D eigenvalue weighted by Crippen LogP contribution is -2.48. The van der Waals surface area contributed by atoms with Crippen LogP contribution in [0.2, 0.25) is 0 Å². The molecule has 128 valence electrons. The third-order valence-electron chi connectivity index (χ3n) is 5.72. The summed E-state index contributed by atoms with van der Waals surface area (Å²) in [4.78, 5) is 13.8. The predicted molar refractivity (Wildman–Crippen MR) is 101 cm³/mol. The van der Waals surface area contributed by atoms with Gasteiger partial charge in [-0.05, 0) is 60.7 Å². The van der Waals surface area contributed by atoms with E-state index in [1.165, 1.54) is 23.1 Å². The average Bonchev–Trinajstić information content (AvgIpc) is 2.56. The van der Waals surface area contributed by atoms with Crippen LogP contribution in [0.3, 0.4) is 0 Å². The highest BCUT2D eigenvalue weighted by atomic mass is 32.2. The van der Waals surface area contributed by atoms with Crippen molar-refractivity contribution in [2.24, 2.45) is 5.92 Å². The van der Waals surface area contributed by atoms with Gasteiger partial charge >= 0.3 is 0 Å². The maximum absolute atomic E-state index is 11.2. The van der Waals surface area contributed by atoms with Crippen molar-refractivity contribution in [2.45, 2.75) is 38.3 Å². The van der Waals surface area contributed by atoms with Crippen LogP contribution in [0.4, 0.5) is 0 Å². The van der Waals surface area contributed by atoms with Crippen molar-refractivity contribution in [3.8, 4) is 0 Å². The summed E-state index contributed by atoms with van der Waals surface area (Å²) in [6, 6.07) is 7.47. The van der Waals surface area contributed by atoms with Crippen LogP contribution in [0.1, 0.15) is 42.4 Å². The first-order chi connectivity index (χ1) is 11.6. The Hall–Kier alpha value is -1.26. The molecule has 3 nitrogen and oxygen atoms in total. The first-order valence-electron chi connectivity index (χ1n) is 8.95. The van der Waals surface area contributed by atoms with E-state index in [2.05, 4.69) is 41.7 Å². The molecule has 1 aliphatic carbocycles. The number of carbonyl (C=O) groups is 1. The molecule has 3 aliphatic rings. The third kappa shape index (κ3) is 2.91. The molecule has 3 unspecified atom stereocenters. The van der Waals surface area contributed by atoms with E-state index in [1.54, 1.807) is 12.5 Å². The molecule has 0 aromatic heterocycles. The lowest BCUT2D eigenvalue weighted by atomic mass is 9.69. The monoisotopic (exact) mass is 342 g/mol. The Morgan fingerprint density at radius 2 is 2.29 bits per heavy atom. The smallest absolute Gasteiger partial charge is 0.139 e. The van der Waals surface area contributed by atoms with E-state index in [-0.39, 0.29) is 0 Å². The van der Waals surface area contributed by atoms with Crippen LogP contribution in [-0.2, 0) is 11.3 Å². The molecular weight excluding hydrogens is 316 g/mol. The lowest BCUT2D eigenvalue weighted by molar-refractivity contribution is -0.114.